The van der Waals surface area contributed by atoms with Crippen LogP contribution in [0.3, 0.4) is 0 Å². The molecule has 5 rings (SSSR count). The third-order valence-corrected chi connectivity index (χ3v) is 5.82. The van der Waals surface area contributed by atoms with Gasteiger partial charge < -0.3 is 4.74 Å². The predicted molar refractivity (Wildman–Crippen MR) is 72.5 cm³/mol. The van der Waals surface area contributed by atoms with E-state index in [0.29, 0.717) is 11.5 Å². The number of methoxy groups -OCH3 is 1. The van der Waals surface area contributed by atoms with Crippen molar-refractivity contribution in [2.45, 2.75) is 43.6 Å². The first-order valence-corrected chi connectivity index (χ1v) is 7.40. The van der Waals surface area contributed by atoms with Gasteiger partial charge in [0.05, 0.1) is 6.10 Å². The van der Waals surface area contributed by atoms with Gasteiger partial charge in [-0.25, -0.2) is 0 Å². The highest BCUT2D eigenvalue weighted by Crippen LogP contribution is 2.61. The molecule has 18 heavy (non-hydrogen) atoms. The van der Waals surface area contributed by atoms with E-state index in [1.807, 2.05) is 7.11 Å². The molecule has 0 spiro atoms. The fraction of sp³-hybridized carbons (Fsp3) is 0.647. The first-order valence-electron chi connectivity index (χ1n) is 7.40. The standard InChI is InChI=1S/C17H22O/c1-18-16-14-8-12-7-13(9-14)11-17(16,10-12)15-5-3-2-4-6-15/h2-6,12-14,16H,7-11H2,1H3. The molecule has 0 radical (unpaired) electrons. The first kappa shape index (κ1) is 11.0. The van der Waals surface area contributed by atoms with E-state index in [-0.39, 0.29) is 0 Å². The van der Waals surface area contributed by atoms with Crippen LogP contribution in [-0.2, 0) is 10.2 Å². The topological polar surface area (TPSA) is 9.23 Å². The molecular weight excluding hydrogens is 220 g/mol. The average molecular weight is 242 g/mol. The van der Waals surface area contributed by atoms with Crippen LogP contribution >= 0.6 is 0 Å². The summed E-state index contributed by atoms with van der Waals surface area (Å²) in [5, 5.41) is 0. The quantitative estimate of drug-likeness (QED) is 0.767. The molecule has 3 atom stereocenters. The normalized spacial score (nSPS) is 45.4. The van der Waals surface area contributed by atoms with Gasteiger partial charge in [0.1, 0.15) is 0 Å². The second kappa shape index (κ2) is 3.84. The third-order valence-electron chi connectivity index (χ3n) is 5.82. The van der Waals surface area contributed by atoms with Crippen molar-refractivity contribution in [1.82, 2.24) is 0 Å². The van der Waals surface area contributed by atoms with Crippen molar-refractivity contribution < 1.29 is 4.74 Å². The minimum absolute atomic E-state index is 0.338. The minimum Gasteiger partial charge on any atom is -0.380 e. The van der Waals surface area contributed by atoms with Crippen LogP contribution in [0.2, 0.25) is 0 Å². The molecular formula is C17H22O. The van der Waals surface area contributed by atoms with E-state index in [1.54, 1.807) is 0 Å². The summed E-state index contributed by atoms with van der Waals surface area (Å²) in [5.41, 5.74) is 1.88. The Kier molecular flexibility index (Phi) is 2.35. The minimum atomic E-state index is 0.338. The van der Waals surface area contributed by atoms with E-state index < -0.39 is 0 Å². The first-order chi connectivity index (χ1) is 8.82. The lowest BCUT2D eigenvalue weighted by Gasteiger charge is -2.60. The van der Waals surface area contributed by atoms with E-state index in [4.69, 9.17) is 4.74 Å². The van der Waals surface area contributed by atoms with Crippen LogP contribution in [0.4, 0.5) is 0 Å². The van der Waals surface area contributed by atoms with E-state index in [0.717, 1.165) is 17.8 Å². The molecule has 0 aromatic heterocycles. The lowest BCUT2D eigenvalue weighted by atomic mass is 9.46. The second-order valence-corrected chi connectivity index (χ2v) is 6.79. The van der Waals surface area contributed by atoms with Crippen molar-refractivity contribution >= 4 is 0 Å². The maximum atomic E-state index is 5.98. The molecule has 4 saturated carbocycles. The van der Waals surface area contributed by atoms with Crippen molar-refractivity contribution in [3.63, 3.8) is 0 Å². The maximum Gasteiger partial charge on any atom is 0.0696 e. The second-order valence-electron chi connectivity index (χ2n) is 6.79. The van der Waals surface area contributed by atoms with Crippen molar-refractivity contribution in [2.24, 2.45) is 17.8 Å². The van der Waals surface area contributed by atoms with E-state index in [9.17, 15) is 0 Å². The Bertz CT molecular complexity index is 424. The summed E-state index contributed by atoms with van der Waals surface area (Å²) in [6.07, 6.45) is 7.52. The Morgan fingerprint density at radius 3 is 2.28 bits per heavy atom. The molecule has 0 saturated heterocycles. The molecule has 0 aliphatic heterocycles. The Balaban J connectivity index is 1.81. The smallest absolute Gasteiger partial charge is 0.0696 e. The summed E-state index contributed by atoms with van der Waals surface area (Å²) >= 11 is 0. The molecule has 0 amide bonds. The highest BCUT2D eigenvalue weighted by atomic mass is 16.5. The summed E-state index contributed by atoms with van der Waals surface area (Å²) < 4.78 is 5.98. The van der Waals surface area contributed by atoms with Gasteiger partial charge in [-0.05, 0) is 55.4 Å². The van der Waals surface area contributed by atoms with Crippen molar-refractivity contribution in [1.29, 1.82) is 0 Å². The molecule has 1 nitrogen and oxygen atoms in total. The zero-order valence-electron chi connectivity index (χ0n) is 11.1. The van der Waals surface area contributed by atoms with Gasteiger partial charge in [-0.1, -0.05) is 30.3 Å². The van der Waals surface area contributed by atoms with Gasteiger partial charge in [-0.2, -0.15) is 0 Å². The van der Waals surface area contributed by atoms with Crippen LogP contribution in [0.25, 0.3) is 0 Å². The fourth-order valence-corrected chi connectivity index (χ4v) is 5.58. The van der Waals surface area contributed by atoms with Crippen molar-refractivity contribution in [3.05, 3.63) is 35.9 Å². The Morgan fingerprint density at radius 2 is 1.67 bits per heavy atom. The number of hydrogen-bond donors (Lipinski definition) is 0. The van der Waals surface area contributed by atoms with Gasteiger partial charge in [-0.3, -0.25) is 0 Å². The van der Waals surface area contributed by atoms with E-state index in [2.05, 4.69) is 30.3 Å². The zero-order chi connectivity index (χ0) is 12.2. The van der Waals surface area contributed by atoms with Crippen molar-refractivity contribution in [3.8, 4) is 0 Å². The highest BCUT2D eigenvalue weighted by Gasteiger charge is 2.57. The number of ether oxygens (including phenoxy) is 1. The zero-order valence-corrected chi connectivity index (χ0v) is 11.1. The third kappa shape index (κ3) is 1.37. The van der Waals surface area contributed by atoms with E-state index >= 15 is 0 Å². The summed E-state index contributed by atoms with van der Waals surface area (Å²) in [6, 6.07) is 11.2. The highest BCUT2D eigenvalue weighted by molar-refractivity contribution is 5.31. The lowest BCUT2D eigenvalue weighted by molar-refractivity contribution is -0.130. The molecule has 1 heteroatoms. The van der Waals surface area contributed by atoms with Gasteiger partial charge in [0.15, 0.2) is 0 Å². The summed E-state index contributed by atoms with van der Waals surface area (Å²) in [4.78, 5) is 0. The van der Waals surface area contributed by atoms with Gasteiger partial charge in [0, 0.05) is 12.5 Å². The van der Waals surface area contributed by atoms with Crippen LogP contribution < -0.4 is 0 Å². The molecule has 4 fully saturated rings. The average Bonchev–Trinajstić information content (AvgIpc) is 2.39. The SMILES string of the molecule is COC1C2CC3CC(C2)CC1(c1ccccc1)C3. The maximum absolute atomic E-state index is 5.98. The molecule has 4 aliphatic rings. The monoisotopic (exact) mass is 242 g/mol. The Hall–Kier alpha value is -0.820. The van der Waals surface area contributed by atoms with Gasteiger partial charge in [0.2, 0.25) is 0 Å². The van der Waals surface area contributed by atoms with Gasteiger partial charge in [0.25, 0.3) is 0 Å². The van der Waals surface area contributed by atoms with Crippen LogP contribution in [0.15, 0.2) is 30.3 Å². The van der Waals surface area contributed by atoms with Crippen LogP contribution in [0.5, 0.6) is 0 Å². The molecule has 4 bridgehead atoms. The van der Waals surface area contributed by atoms with Gasteiger partial charge in [-0.15, -0.1) is 0 Å². The molecule has 1 aromatic rings. The predicted octanol–water partition coefficient (Wildman–Crippen LogP) is 3.78. The summed E-state index contributed by atoms with van der Waals surface area (Å²) in [7, 11) is 1.93. The molecule has 96 valence electrons. The largest absolute Gasteiger partial charge is 0.380 e. The van der Waals surface area contributed by atoms with E-state index in [1.165, 1.54) is 37.7 Å². The Morgan fingerprint density at radius 1 is 1.00 bits per heavy atom. The molecule has 0 N–H and O–H groups in total. The molecule has 3 unspecified atom stereocenters. The summed E-state index contributed by atoms with van der Waals surface area (Å²) in [6.45, 7) is 0. The fourth-order valence-electron chi connectivity index (χ4n) is 5.58. The van der Waals surface area contributed by atoms with Crippen molar-refractivity contribution in [2.75, 3.05) is 7.11 Å². The number of rotatable bonds is 2. The van der Waals surface area contributed by atoms with Crippen LogP contribution in [-0.4, -0.2) is 13.2 Å². The lowest BCUT2D eigenvalue weighted by Crippen LogP contribution is -2.59. The Labute approximate surface area is 110 Å². The van der Waals surface area contributed by atoms with Crippen LogP contribution in [0.1, 0.15) is 37.7 Å². The molecule has 4 aliphatic carbocycles. The van der Waals surface area contributed by atoms with Gasteiger partial charge >= 0.3 is 0 Å². The number of benzene rings is 1. The molecule has 0 heterocycles. The molecule has 1 aromatic carbocycles. The summed E-state index contributed by atoms with van der Waals surface area (Å²) in [5.74, 6) is 2.75. The van der Waals surface area contributed by atoms with Crippen LogP contribution in [0, 0.1) is 17.8 Å². The number of hydrogen-bond acceptors (Lipinski definition) is 1.